The van der Waals surface area contributed by atoms with E-state index in [0.29, 0.717) is 0 Å². The Balaban J connectivity index is 3.24. The molecule has 1 aromatic rings. The van der Waals surface area contributed by atoms with E-state index in [-0.39, 0.29) is 5.69 Å². The highest BCUT2D eigenvalue weighted by Gasteiger charge is 2.26. The first-order chi connectivity index (χ1) is 5.94. The van der Waals surface area contributed by atoms with E-state index in [0.717, 1.165) is 12.1 Å². The van der Waals surface area contributed by atoms with Crippen molar-refractivity contribution in [2.75, 3.05) is 5.73 Å². The van der Waals surface area contributed by atoms with Gasteiger partial charge in [-0.05, 0) is 18.2 Å². The number of nitrogens with two attached hydrogens (primary N) is 1. The van der Waals surface area contributed by atoms with E-state index < -0.39 is 20.5 Å². The van der Waals surface area contributed by atoms with Crippen LogP contribution in [0.25, 0.3) is 0 Å². The highest BCUT2D eigenvalue weighted by atomic mass is 32.2. The zero-order valence-electron chi connectivity index (χ0n) is 6.44. The summed E-state index contributed by atoms with van der Waals surface area (Å²) >= 11 is 0. The molecule has 0 aromatic heterocycles. The minimum atomic E-state index is -4.51. The summed E-state index contributed by atoms with van der Waals surface area (Å²) in [7, 11) is -4.51. The number of halogens is 2. The summed E-state index contributed by atoms with van der Waals surface area (Å²) in [6, 6.07) is 4.81. The van der Waals surface area contributed by atoms with Crippen LogP contribution in [0.2, 0.25) is 0 Å². The van der Waals surface area contributed by atoms with Crippen molar-refractivity contribution < 1.29 is 17.2 Å². The second-order valence-corrected chi connectivity index (χ2v) is 4.30. The maximum absolute atomic E-state index is 12.0. The lowest BCUT2D eigenvalue weighted by Crippen LogP contribution is -2.11. The van der Waals surface area contributed by atoms with Gasteiger partial charge in [-0.25, -0.2) is 8.42 Å². The van der Waals surface area contributed by atoms with Gasteiger partial charge < -0.3 is 5.73 Å². The van der Waals surface area contributed by atoms with Crippen LogP contribution in [0.5, 0.6) is 0 Å². The molecule has 1 rings (SSSR count). The van der Waals surface area contributed by atoms with E-state index >= 15 is 0 Å². The van der Waals surface area contributed by atoms with E-state index in [4.69, 9.17) is 5.73 Å². The standard InChI is InChI=1S/C7H7F2NO2S/c8-7(9)13(11,12)6-3-1-2-5(10)4-6/h1-4,7H,10H2. The van der Waals surface area contributed by atoms with Crippen LogP contribution in [0.4, 0.5) is 14.5 Å². The van der Waals surface area contributed by atoms with Gasteiger partial charge in [0, 0.05) is 5.69 Å². The summed E-state index contributed by atoms with van der Waals surface area (Å²) in [5.74, 6) is -3.41. The highest BCUT2D eigenvalue weighted by Crippen LogP contribution is 2.19. The average Bonchev–Trinajstić information content (AvgIpc) is 2.04. The molecule has 0 aliphatic rings. The van der Waals surface area contributed by atoms with Crippen LogP contribution in [0, 0.1) is 0 Å². The molecule has 0 heterocycles. The number of anilines is 1. The number of alkyl halides is 2. The van der Waals surface area contributed by atoms with Crippen LogP contribution in [-0.2, 0) is 9.84 Å². The summed E-state index contributed by atoms with van der Waals surface area (Å²) in [5, 5.41) is 0. The second kappa shape index (κ2) is 3.29. The first-order valence-corrected chi connectivity index (χ1v) is 4.87. The van der Waals surface area contributed by atoms with Gasteiger partial charge in [-0.2, -0.15) is 8.78 Å². The second-order valence-electron chi connectivity index (χ2n) is 2.38. The predicted octanol–water partition coefficient (Wildman–Crippen LogP) is 1.27. The first-order valence-electron chi connectivity index (χ1n) is 3.32. The largest absolute Gasteiger partial charge is 0.399 e. The summed E-state index contributed by atoms with van der Waals surface area (Å²) in [6.07, 6.45) is 0. The number of benzene rings is 1. The molecule has 0 bridgehead atoms. The molecule has 13 heavy (non-hydrogen) atoms. The molecule has 72 valence electrons. The van der Waals surface area contributed by atoms with Crippen LogP contribution < -0.4 is 5.73 Å². The van der Waals surface area contributed by atoms with Gasteiger partial charge in [-0.15, -0.1) is 0 Å². The van der Waals surface area contributed by atoms with E-state index in [2.05, 4.69) is 0 Å². The third-order valence-electron chi connectivity index (χ3n) is 1.42. The Morgan fingerprint density at radius 1 is 1.31 bits per heavy atom. The molecule has 0 atom stereocenters. The fraction of sp³-hybridized carbons (Fsp3) is 0.143. The van der Waals surface area contributed by atoms with E-state index in [1.807, 2.05) is 0 Å². The minimum absolute atomic E-state index is 0.140. The molecule has 1 aromatic carbocycles. The lowest BCUT2D eigenvalue weighted by Gasteiger charge is -2.02. The van der Waals surface area contributed by atoms with Crippen molar-refractivity contribution >= 4 is 15.5 Å². The van der Waals surface area contributed by atoms with Gasteiger partial charge >= 0.3 is 5.76 Å². The molecular formula is C7H7F2NO2S. The fourth-order valence-corrected chi connectivity index (χ4v) is 1.57. The molecule has 0 aliphatic heterocycles. The Bertz CT molecular complexity index is 403. The van der Waals surface area contributed by atoms with Crippen molar-refractivity contribution in [3.05, 3.63) is 24.3 Å². The molecule has 0 saturated heterocycles. The summed E-state index contributed by atoms with van der Waals surface area (Å²) in [5.41, 5.74) is 5.39. The Hall–Kier alpha value is -1.17. The zero-order chi connectivity index (χ0) is 10.1. The van der Waals surface area contributed by atoms with Crippen LogP contribution in [0.3, 0.4) is 0 Å². The lowest BCUT2D eigenvalue weighted by atomic mass is 10.3. The molecule has 6 heteroatoms. The van der Waals surface area contributed by atoms with E-state index in [1.165, 1.54) is 12.1 Å². The van der Waals surface area contributed by atoms with Crippen molar-refractivity contribution in [1.29, 1.82) is 0 Å². The van der Waals surface area contributed by atoms with Gasteiger partial charge in [0.15, 0.2) is 0 Å². The number of hydrogen-bond acceptors (Lipinski definition) is 3. The van der Waals surface area contributed by atoms with Gasteiger partial charge in [0.25, 0.3) is 0 Å². The fourth-order valence-electron chi connectivity index (χ4n) is 0.794. The highest BCUT2D eigenvalue weighted by molar-refractivity contribution is 7.91. The Morgan fingerprint density at radius 3 is 2.38 bits per heavy atom. The third-order valence-corrected chi connectivity index (χ3v) is 2.80. The lowest BCUT2D eigenvalue weighted by molar-refractivity contribution is 0.235. The monoisotopic (exact) mass is 207 g/mol. The smallest absolute Gasteiger partial charge is 0.341 e. The number of hydrogen-bond donors (Lipinski definition) is 1. The molecule has 0 saturated carbocycles. The van der Waals surface area contributed by atoms with Crippen molar-refractivity contribution in [1.82, 2.24) is 0 Å². The minimum Gasteiger partial charge on any atom is -0.399 e. The molecule has 2 N–H and O–H groups in total. The van der Waals surface area contributed by atoms with Crippen molar-refractivity contribution in [2.24, 2.45) is 0 Å². The number of rotatable bonds is 2. The summed E-state index contributed by atoms with van der Waals surface area (Å²) < 4.78 is 45.8. The van der Waals surface area contributed by atoms with Gasteiger partial charge in [0.1, 0.15) is 0 Å². The van der Waals surface area contributed by atoms with Crippen molar-refractivity contribution in [3.8, 4) is 0 Å². The van der Waals surface area contributed by atoms with Gasteiger partial charge in [-0.3, -0.25) is 0 Å². The quantitative estimate of drug-likeness (QED) is 0.743. The van der Waals surface area contributed by atoms with E-state index in [9.17, 15) is 17.2 Å². The van der Waals surface area contributed by atoms with Gasteiger partial charge in [0.05, 0.1) is 4.90 Å². The topological polar surface area (TPSA) is 60.2 Å². The van der Waals surface area contributed by atoms with Crippen LogP contribution >= 0.6 is 0 Å². The molecule has 0 unspecified atom stereocenters. The van der Waals surface area contributed by atoms with Gasteiger partial charge in [0.2, 0.25) is 9.84 Å². The summed E-state index contributed by atoms with van der Waals surface area (Å²) in [6.45, 7) is 0. The molecule has 0 radical (unpaired) electrons. The first kappa shape index (κ1) is 9.91. The normalized spacial score (nSPS) is 11.9. The van der Waals surface area contributed by atoms with Crippen LogP contribution in [0.1, 0.15) is 0 Å². The van der Waals surface area contributed by atoms with Crippen LogP contribution in [0.15, 0.2) is 29.2 Å². The maximum Gasteiger partial charge on any atom is 0.341 e. The SMILES string of the molecule is Nc1cccc(S(=O)(=O)C(F)F)c1. The number of sulfone groups is 1. The zero-order valence-corrected chi connectivity index (χ0v) is 7.26. The van der Waals surface area contributed by atoms with Gasteiger partial charge in [-0.1, -0.05) is 6.07 Å². The summed E-state index contributed by atoms with van der Waals surface area (Å²) in [4.78, 5) is -0.456. The molecule has 0 aliphatic carbocycles. The van der Waals surface area contributed by atoms with E-state index in [1.54, 1.807) is 0 Å². The third kappa shape index (κ3) is 1.95. The average molecular weight is 207 g/mol. The Kier molecular flexibility index (Phi) is 2.51. The predicted molar refractivity (Wildman–Crippen MR) is 44.0 cm³/mol. The van der Waals surface area contributed by atoms with Crippen LogP contribution in [-0.4, -0.2) is 14.2 Å². The molecule has 3 nitrogen and oxygen atoms in total. The maximum atomic E-state index is 12.0. The Morgan fingerprint density at radius 2 is 1.92 bits per heavy atom. The molecule has 0 amide bonds. The van der Waals surface area contributed by atoms with Crippen molar-refractivity contribution in [3.63, 3.8) is 0 Å². The molecular weight excluding hydrogens is 200 g/mol. The number of nitrogen functional groups attached to an aromatic ring is 1. The molecule has 0 spiro atoms. The Labute approximate surface area is 74.1 Å². The van der Waals surface area contributed by atoms with Crippen molar-refractivity contribution in [2.45, 2.75) is 10.7 Å². The molecule has 0 fully saturated rings.